The molecule has 0 saturated heterocycles. The molecule has 2 aromatic heterocycles. The summed E-state index contributed by atoms with van der Waals surface area (Å²) in [5.74, 6) is 0.720. The normalized spacial score (nSPS) is 10.6. The van der Waals surface area contributed by atoms with E-state index >= 15 is 0 Å². The average Bonchev–Trinajstić information content (AvgIpc) is 3.02. The second-order valence-corrected chi connectivity index (χ2v) is 6.94. The molecule has 3 N–H and O–H groups in total. The van der Waals surface area contributed by atoms with Crippen LogP contribution < -0.4 is 16.4 Å². The van der Waals surface area contributed by atoms with Gasteiger partial charge in [-0.15, -0.1) is 0 Å². The Kier molecular flexibility index (Phi) is 6.12. The zero-order valence-corrected chi connectivity index (χ0v) is 16.2. The van der Waals surface area contributed by atoms with Gasteiger partial charge in [-0.1, -0.05) is 0 Å². The Morgan fingerprint density at radius 3 is 2.38 bits per heavy atom. The van der Waals surface area contributed by atoms with Crippen molar-refractivity contribution in [1.82, 2.24) is 15.0 Å². The Labute approximate surface area is 190 Å². The number of H-pyrrole nitrogens is 1. The molecule has 144 valence electrons. The number of aromatic amines is 1. The summed E-state index contributed by atoms with van der Waals surface area (Å²) < 4.78 is 5.04. The predicted molar refractivity (Wildman–Crippen MR) is 118 cm³/mol. The number of rotatable bonds is 4. The fourth-order valence-corrected chi connectivity index (χ4v) is 3.03. The van der Waals surface area contributed by atoms with Crippen LogP contribution in [0.1, 0.15) is 22.3 Å². The van der Waals surface area contributed by atoms with Crippen LogP contribution in [0.25, 0.3) is 11.1 Å². The molecule has 0 fully saturated rings. The maximum absolute atomic E-state index is 11.3. The van der Waals surface area contributed by atoms with Gasteiger partial charge in [0.2, 0.25) is 5.95 Å². The third-order valence-electron chi connectivity index (χ3n) is 4.84. The third kappa shape index (κ3) is 4.53. The number of nitrogens with zero attached hydrogens (tertiary/aromatic N) is 2. The van der Waals surface area contributed by atoms with Crippen molar-refractivity contribution in [3.8, 4) is 0 Å². The van der Waals surface area contributed by atoms with E-state index in [-0.39, 0.29) is 29.6 Å². The van der Waals surface area contributed by atoms with Gasteiger partial charge in [0.05, 0.1) is 5.52 Å². The quantitative estimate of drug-likeness (QED) is 0.449. The molecule has 0 amide bonds. The van der Waals surface area contributed by atoms with Crippen molar-refractivity contribution in [1.29, 1.82) is 0 Å². The molecule has 7 nitrogen and oxygen atoms in total. The number of hydrogen-bond donors (Lipinski definition) is 3. The number of fused-ring (bicyclic) bond motifs is 1. The minimum atomic E-state index is -0.472. The standard InChI is InChI=1S/C21H21N5O2.Na.H/c1-11-7-16(8-12(2)14(11)4)24-20-22-10-13(3)19(26-20)23-15-5-6-18-17(9-15)25-21(27)28-18;;/h5-10H,1-4H3,(H,25,27)(H2,22,23,24,26);;. The summed E-state index contributed by atoms with van der Waals surface area (Å²) in [6.07, 6.45) is 1.77. The van der Waals surface area contributed by atoms with Crippen LogP contribution in [0.3, 0.4) is 0 Å². The summed E-state index contributed by atoms with van der Waals surface area (Å²) in [5, 5.41) is 6.55. The Balaban J connectivity index is 0.00000240. The van der Waals surface area contributed by atoms with Crippen LogP contribution >= 0.6 is 0 Å². The van der Waals surface area contributed by atoms with Crippen LogP contribution in [-0.2, 0) is 0 Å². The van der Waals surface area contributed by atoms with Crippen LogP contribution in [-0.4, -0.2) is 44.5 Å². The molecule has 0 bridgehead atoms. The molecule has 0 aliphatic rings. The predicted octanol–water partition coefficient (Wildman–Crippen LogP) is 3.98. The van der Waals surface area contributed by atoms with E-state index in [1.165, 1.54) is 16.7 Å². The first-order valence-corrected chi connectivity index (χ1v) is 8.97. The van der Waals surface area contributed by atoms with Crippen molar-refractivity contribution in [3.63, 3.8) is 0 Å². The van der Waals surface area contributed by atoms with Gasteiger partial charge in [-0.25, -0.2) is 9.78 Å². The average molecular weight is 399 g/mol. The molecule has 0 aliphatic carbocycles. The number of aromatic nitrogens is 3. The summed E-state index contributed by atoms with van der Waals surface area (Å²) in [7, 11) is 0. The molecule has 0 atom stereocenters. The monoisotopic (exact) mass is 399 g/mol. The number of benzene rings is 2. The summed E-state index contributed by atoms with van der Waals surface area (Å²) in [5.41, 5.74) is 7.51. The van der Waals surface area contributed by atoms with Gasteiger partial charge in [-0.05, 0) is 74.7 Å². The third-order valence-corrected chi connectivity index (χ3v) is 4.84. The molecule has 29 heavy (non-hydrogen) atoms. The van der Waals surface area contributed by atoms with E-state index in [1.54, 1.807) is 12.3 Å². The first kappa shape index (κ1) is 21.1. The first-order valence-electron chi connectivity index (χ1n) is 8.97. The molecule has 0 spiro atoms. The van der Waals surface area contributed by atoms with E-state index in [2.05, 4.69) is 58.5 Å². The van der Waals surface area contributed by atoms with Gasteiger partial charge in [0, 0.05) is 23.1 Å². The number of aryl methyl sites for hydroxylation is 3. The van der Waals surface area contributed by atoms with E-state index in [1.807, 2.05) is 19.1 Å². The van der Waals surface area contributed by atoms with Gasteiger partial charge in [0.15, 0.2) is 5.58 Å². The minimum absolute atomic E-state index is 0. The molecular formula is C21H22N5NaO2. The van der Waals surface area contributed by atoms with Gasteiger partial charge < -0.3 is 15.1 Å². The molecule has 0 unspecified atom stereocenters. The van der Waals surface area contributed by atoms with Gasteiger partial charge >= 0.3 is 35.3 Å². The van der Waals surface area contributed by atoms with E-state index in [4.69, 9.17) is 4.42 Å². The zero-order chi connectivity index (χ0) is 19.8. The number of hydrogen-bond acceptors (Lipinski definition) is 6. The van der Waals surface area contributed by atoms with Gasteiger partial charge in [-0.3, -0.25) is 4.98 Å². The van der Waals surface area contributed by atoms with Crippen LogP contribution in [0.4, 0.5) is 23.1 Å². The summed E-state index contributed by atoms with van der Waals surface area (Å²) in [6.45, 7) is 8.23. The van der Waals surface area contributed by atoms with Gasteiger partial charge in [0.1, 0.15) is 5.82 Å². The Hall–Kier alpha value is -2.61. The fraction of sp³-hybridized carbons (Fsp3) is 0.190. The zero-order valence-electron chi connectivity index (χ0n) is 16.2. The van der Waals surface area contributed by atoms with E-state index in [0.717, 1.165) is 16.9 Å². The van der Waals surface area contributed by atoms with Crippen molar-refractivity contribution in [2.75, 3.05) is 10.6 Å². The molecule has 0 aliphatic heterocycles. The summed E-state index contributed by atoms with van der Waals surface area (Å²) >= 11 is 0. The summed E-state index contributed by atoms with van der Waals surface area (Å²) in [4.78, 5) is 23.0. The molecule has 0 saturated carbocycles. The van der Waals surface area contributed by atoms with Gasteiger partial charge in [0.25, 0.3) is 0 Å². The van der Waals surface area contributed by atoms with Crippen LogP contribution in [0.5, 0.6) is 0 Å². The Bertz CT molecular complexity index is 1220. The van der Waals surface area contributed by atoms with Gasteiger partial charge in [-0.2, -0.15) is 4.98 Å². The van der Waals surface area contributed by atoms with E-state index < -0.39 is 5.76 Å². The van der Waals surface area contributed by atoms with Crippen LogP contribution in [0.15, 0.2) is 45.7 Å². The molecule has 0 radical (unpaired) electrons. The topological polar surface area (TPSA) is 95.8 Å². The maximum atomic E-state index is 11.3. The number of nitrogens with one attached hydrogen (secondary N) is 3. The molecule has 8 heteroatoms. The van der Waals surface area contributed by atoms with E-state index in [0.29, 0.717) is 22.9 Å². The van der Waals surface area contributed by atoms with Crippen LogP contribution in [0.2, 0.25) is 0 Å². The van der Waals surface area contributed by atoms with Crippen molar-refractivity contribution in [3.05, 3.63) is 69.3 Å². The molecule has 2 aromatic carbocycles. The Morgan fingerprint density at radius 1 is 0.931 bits per heavy atom. The fourth-order valence-electron chi connectivity index (χ4n) is 3.03. The summed E-state index contributed by atoms with van der Waals surface area (Å²) in [6, 6.07) is 9.55. The van der Waals surface area contributed by atoms with Crippen molar-refractivity contribution >= 4 is 63.8 Å². The first-order chi connectivity index (χ1) is 13.4. The SMILES string of the molecule is Cc1cnc(Nc2cc(C)c(C)c(C)c2)nc1Nc1ccc2oc(=O)[nH]c2c1.[NaH]. The molecular weight excluding hydrogens is 377 g/mol. The van der Waals surface area contributed by atoms with Crippen molar-refractivity contribution < 1.29 is 4.42 Å². The Morgan fingerprint density at radius 2 is 1.66 bits per heavy atom. The molecule has 4 rings (SSSR count). The van der Waals surface area contributed by atoms with Crippen LogP contribution in [0, 0.1) is 27.7 Å². The second kappa shape index (κ2) is 8.41. The van der Waals surface area contributed by atoms with E-state index in [9.17, 15) is 4.79 Å². The number of anilines is 4. The molecule has 4 aromatic rings. The number of oxazole rings is 1. The second-order valence-electron chi connectivity index (χ2n) is 6.94. The molecule has 2 heterocycles. The van der Waals surface area contributed by atoms with Crippen molar-refractivity contribution in [2.24, 2.45) is 0 Å². The van der Waals surface area contributed by atoms with Crippen molar-refractivity contribution in [2.45, 2.75) is 27.7 Å².